The van der Waals surface area contributed by atoms with E-state index in [9.17, 15) is 0 Å². The first-order chi connectivity index (χ1) is 18.1. The van der Waals surface area contributed by atoms with Crippen LogP contribution in [0.1, 0.15) is 0 Å². The monoisotopic (exact) mass is 598 g/mol. The Morgan fingerprint density at radius 3 is 0.923 bits per heavy atom. The van der Waals surface area contributed by atoms with E-state index >= 15 is 0 Å². The summed E-state index contributed by atoms with van der Waals surface area (Å²) in [6, 6.07) is 31.4. The lowest BCUT2D eigenvalue weighted by molar-refractivity contribution is 0.411. The number of benzene rings is 3. The molecule has 0 fully saturated rings. The molecule has 0 saturated carbocycles. The third-order valence-electron chi connectivity index (χ3n) is 6.18. The van der Waals surface area contributed by atoms with Gasteiger partial charge in [0.05, 0.1) is 7.44 Å². The second kappa shape index (κ2) is 18.0. The van der Waals surface area contributed by atoms with E-state index in [2.05, 4.69) is 112 Å². The first-order valence-electron chi connectivity index (χ1n) is 13.2. The van der Waals surface area contributed by atoms with Gasteiger partial charge < -0.3 is 17.7 Å². The Morgan fingerprint density at radius 2 is 0.718 bits per heavy atom. The average Bonchev–Trinajstić information content (AvgIpc) is 2.94. The fourth-order valence-electron chi connectivity index (χ4n) is 2.87. The smallest absolute Gasteiger partial charge is 0.252 e. The van der Waals surface area contributed by atoms with Crippen molar-refractivity contribution in [3.63, 3.8) is 0 Å². The van der Waals surface area contributed by atoms with Crippen LogP contribution < -0.4 is 15.6 Å². The van der Waals surface area contributed by atoms with Crippen LogP contribution in [0.3, 0.4) is 0 Å². The molecule has 0 aliphatic carbocycles. The molecule has 3 aromatic carbocycles. The van der Waals surface area contributed by atoms with Crippen LogP contribution in [0.4, 0.5) is 0 Å². The molecule has 4 nitrogen and oxygen atoms in total. The lowest BCUT2D eigenvalue weighted by Gasteiger charge is -2.26. The Labute approximate surface area is 245 Å². The molecule has 39 heavy (non-hydrogen) atoms. The maximum Gasteiger partial charge on any atom is 0.252 e. The van der Waals surface area contributed by atoms with Gasteiger partial charge in [-0.2, -0.15) is 0 Å². The van der Waals surface area contributed by atoms with Crippen molar-refractivity contribution >= 4 is 56.1 Å². The normalized spacial score (nSPS) is 11.6. The van der Waals surface area contributed by atoms with Crippen LogP contribution in [0.5, 0.6) is 0 Å². The highest BCUT2D eigenvalue weighted by Crippen LogP contribution is 2.06. The first-order valence-corrected chi connectivity index (χ1v) is 24.9. The molecule has 0 saturated heterocycles. The minimum atomic E-state index is -1.98. The van der Waals surface area contributed by atoms with Crippen molar-refractivity contribution in [1.29, 1.82) is 0 Å². The fourth-order valence-corrected chi connectivity index (χ4v) is 6.56. The second-order valence-electron chi connectivity index (χ2n) is 11.2. The predicted molar refractivity (Wildman–Crippen MR) is 182 cm³/mol. The highest BCUT2D eigenvalue weighted by atomic mass is 28.4. The van der Waals surface area contributed by atoms with Gasteiger partial charge >= 0.3 is 0 Å². The topological polar surface area (TPSA) is 36.9 Å². The molecule has 0 heterocycles. The third-order valence-corrected chi connectivity index (χ3v) is 14.9. The Morgan fingerprint density at radius 1 is 0.436 bits per heavy atom. The number of hydrogen-bond acceptors (Lipinski definition) is 4. The standard InChI is InChI=1S/C14H16OSi.C9H14OSi.C4H12OSi.C3H9BOSi/c1-15-16(2,13-9-5-3-6-10-13)14-11-7-4-8-12-14;1-10-11(2,3)9-7-5-4-6-8-9;2*1-5-6(2,3)4/h3-12H,1-2H3;4-8H,1-3H3;1-4H3;1-3H3. The summed E-state index contributed by atoms with van der Waals surface area (Å²) in [4.78, 5) is 0. The van der Waals surface area contributed by atoms with Crippen molar-refractivity contribution in [2.75, 3.05) is 28.4 Å². The third kappa shape index (κ3) is 15.7. The molecule has 2 radical (unpaired) electrons. The summed E-state index contributed by atoms with van der Waals surface area (Å²) in [6.07, 6.45) is 0. The molecule has 0 N–H and O–H groups in total. The van der Waals surface area contributed by atoms with Crippen molar-refractivity contribution in [3.8, 4) is 0 Å². The molecule has 9 heteroatoms. The quantitative estimate of drug-likeness (QED) is 0.325. The Hall–Kier alpha value is -1.57. The molecule has 0 amide bonds. The van der Waals surface area contributed by atoms with Crippen LogP contribution in [0, 0.1) is 0 Å². The average molecular weight is 599 g/mol. The summed E-state index contributed by atoms with van der Waals surface area (Å²) < 4.78 is 21.2. The van der Waals surface area contributed by atoms with Crippen LogP contribution in [0.2, 0.25) is 52.4 Å². The highest BCUT2D eigenvalue weighted by molar-refractivity contribution is 7.12. The summed E-state index contributed by atoms with van der Waals surface area (Å²) >= 11 is 0. The number of hydrogen-bond donors (Lipinski definition) is 0. The largest absolute Gasteiger partial charge is 0.430 e. The van der Waals surface area contributed by atoms with E-state index in [1.165, 1.54) is 15.6 Å². The van der Waals surface area contributed by atoms with E-state index in [4.69, 9.17) is 25.1 Å². The summed E-state index contributed by atoms with van der Waals surface area (Å²) in [7, 11) is 6.18. The van der Waals surface area contributed by atoms with Crippen LogP contribution in [0.15, 0.2) is 91.0 Å². The van der Waals surface area contributed by atoms with Crippen molar-refractivity contribution in [2.24, 2.45) is 0 Å². The lowest BCUT2D eigenvalue weighted by atomic mass is 10.4. The van der Waals surface area contributed by atoms with Crippen LogP contribution in [-0.2, 0) is 17.7 Å². The van der Waals surface area contributed by atoms with Gasteiger partial charge in [-0.05, 0) is 54.8 Å². The molecule has 3 rings (SSSR count). The van der Waals surface area contributed by atoms with Gasteiger partial charge in [-0.1, -0.05) is 104 Å². The molecule has 3 aromatic rings. The van der Waals surface area contributed by atoms with Gasteiger partial charge in [0.25, 0.3) is 8.32 Å². The van der Waals surface area contributed by atoms with Crippen LogP contribution >= 0.6 is 0 Å². The van der Waals surface area contributed by atoms with Gasteiger partial charge in [-0.15, -0.1) is 0 Å². The molecule has 0 aliphatic rings. The Balaban J connectivity index is 0.000000545. The molecule has 0 spiro atoms. The van der Waals surface area contributed by atoms with Gasteiger partial charge in [-0.25, -0.2) is 0 Å². The molecule has 0 unspecified atom stereocenters. The zero-order chi connectivity index (χ0) is 30.2. The summed E-state index contributed by atoms with van der Waals surface area (Å²) in [6.45, 7) is 17.0. The maximum absolute atomic E-state index is 5.85. The van der Waals surface area contributed by atoms with Gasteiger partial charge in [0.15, 0.2) is 8.32 Å². The van der Waals surface area contributed by atoms with E-state index in [1.807, 2.05) is 38.4 Å². The van der Waals surface area contributed by atoms with Gasteiger partial charge in [0.1, 0.15) is 8.19 Å². The minimum Gasteiger partial charge on any atom is -0.430 e. The zero-order valence-electron chi connectivity index (χ0n) is 26.4. The SMILES string of the molecule is CO[Si](C)(C)C.CO[Si](C)(C)c1ccccc1.CO[Si](C)(c1ccccc1)c1ccccc1.[B][Si](C)(C)OC. The van der Waals surface area contributed by atoms with Gasteiger partial charge in [0.2, 0.25) is 8.32 Å². The van der Waals surface area contributed by atoms with E-state index < -0.39 is 33.1 Å². The predicted octanol–water partition coefficient (Wildman–Crippen LogP) is 5.74. The first kappa shape index (κ1) is 37.4. The minimum absolute atomic E-state index is 1.13. The Kier molecular flexibility index (Phi) is 17.3. The van der Waals surface area contributed by atoms with E-state index in [0.717, 1.165) is 0 Å². The highest BCUT2D eigenvalue weighted by Gasteiger charge is 2.32. The zero-order valence-corrected chi connectivity index (χ0v) is 30.4. The lowest BCUT2D eigenvalue weighted by Crippen LogP contribution is -2.57. The Bertz CT molecular complexity index is 956. The summed E-state index contributed by atoms with van der Waals surface area (Å²) in [5.41, 5.74) is 0. The van der Waals surface area contributed by atoms with Crippen LogP contribution in [0.25, 0.3) is 0 Å². The maximum atomic E-state index is 5.85. The van der Waals surface area contributed by atoms with Crippen molar-refractivity contribution in [2.45, 2.75) is 52.4 Å². The molecular formula is C30H51BO4Si4. The molecule has 0 atom stereocenters. The molecule has 214 valence electrons. The van der Waals surface area contributed by atoms with Crippen molar-refractivity contribution < 1.29 is 17.7 Å². The molecule has 0 aromatic heterocycles. The number of rotatable bonds is 7. The summed E-state index contributed by atoms with van der Waals surface area (Å²) in [5.74, 6) is 0. The molecule has 0 aliphatic heterocycles. The molecular weight excluding hydrogens is 547 g/mol. The van der Waals surface area contributed by atoms with Gasteiger partial charge in [0, 0.05) is 28.4 Å². The van der Waals surface area contributed by atoms with Gasteiger partial charge in [-0.3, -0.25) is 0 Å². The fraction of sp³-hybridized carbons (Fsp3) is 0.400. The van der Waals surface area contributed by atoms with Crippen molar-refractivity contribution in [1.82, 2.24) is 0 Å². The van der Waals surface area contributed by atoms with E-state index in [0.29, 0.717) is 0 Å². The van der Waals surface area contributed by atoms with E-state index in [1.54, 1.807) is 21.3 Å². The summed E-state index contributed by atoms with van der Waals surface area (Å²) in [5, 5.41) is 3.97. The van der Waals surface area contributed by atoms with Crippen molar-refractivity contribution in [3.05, 3.63) is 91.0 Å². The van der Waals surface area contributed by atoms with E-state index in [-0.39, 0.29) is 0 Å². The van der Waals surface area contributed by atoms with Crippen LogP contribution in [-0.4, -0.2) is 69.0 Å². The second-order valence-corrected chi connectivity index (χ2v) is 27.1. The molecule has 0 bridgehead atoms.